The average molecular weight is 326 g/mol. The second-order valence-electron chi connectivity index (χ2n) is 7.11. The van der Waals surface area contributed by atoms with Crippen molar-refractivity contribution in [3.8, 4) is 0 Å². The maximum Gasteiger partial charge on any atom is 0.242 e. The summed E-state index contributed by atoms with van der Waals surface area (Å²) >= 11 is 1.74. The Morgan fingerprint density at radius 1 is 1.41 bits per heavy atom. The lowest BCUT2D eigenvalue weighted by Gasteiger charge is -2.25. The zero-order valence-corrected chi connectivity index (χ0v) is 14.6. The number of rotatable bonds is 6. The topological polar surface area (TPSA) is 75.4 Å². The number of nitrogens with zero attached hydrogens (tertiary/aromatic N) is 1. The minimum Gasteiger partial charge on any atom is -0.395 e. The fraction of sp³-hybridized carbons (Fsp3) is 0.750. The van der Waals surface area contributed by atoms with E-state index in [9.17, 15) is 9.90 Å². The number of aliphatic hydroxyl groups excluding tert-OH is 1. The quantitative estimate of drug-likeness (QED) is 0.838. The third-order valence-electron chi connectivity index (χ3n) is 4.15. The van der Waals surface area contributed by atoms with Crippen molar-refractivity contribution in [2.24, 2.45) is 0 Å². The van der Waals surface area contributed by atoms with Crippen molar-refractivity contribution in [3.05, 3.63) is 11.8 Å². The molecule has 5 nitrogen and oxygen atoms in total. The van der Waals surface area contributed by atoms with Crippen LogP contribution < -0.4 is 5.32 Å². The number of carbonyl (C=O) groups is 1. The highest BCUT2D eigenvalue weighted by molar-refractivity contribution is 8.02. The molecule has 1 aromatic heterocycles. The van der Waals surface area contributed by atoms with E-state index in [1.54, 1.807) is 17.8 Å². The van der Waals surface area contributed by atoms with E-state index in [0.717, 1.165) is 0 Å². The number of thioether (sulfide) groups is 1. The number of nitrogens with one attached hydrogen (secondary N) is 1. The van der Waals surface area contributed by atoms with Gasteiger partial charge in [-0.25, -0.2) is 0 Å². The van der Waals surface area contributed by atoms with E-state index in [4.69, 9.17) is 4.52 Å². The van der Waals surface area contributed by atoms with E-state index >= 15 is 0 Å². The third-order valence-corrected chi connectivity index (χ3v) is 5.73. The van der Waals surface area contributed by atoms with Gasteiger partial charge in [-0.05, 0) is 26.7 Å². The minimum absolute atomic E-state index is 0.0318. The van der Waals surface area contributed by atoms with Crippen molar-refractivity contribution in [2.45, 2.75) is 68.8 Å². The van der Waals surface area contributed by atoms with Gasteiger partial charge in [0.1, 0.15) is 0 Å². The summed E-state index contributed by atoms with van der Waals surface area (Å²) in [5, 5.41) is 16.7. The Balaban J connectivity index is 1.98. The third kappa shape index (κ3) is 4.04. The monoisotopic (exact) mass is 326 g/mol. The predicted molar refractivity (Wildman–Crippen MR) is 89.2 cm³/mol. The molecule has 1 amide bonds. The molecule has 0 spiro atoms. The number of hydrogen-bond acceptors (Lipinski definition) is 5. The molecule has 0 radical (unpaired) electrons. The van der Waals surface area contributed by atoms with Crippen LogP contribution >= 0.6 is 11.8 Å². The molecule has 1 fully saturated rings. The van der Waals surface area contributed by atoms with Gasteiger partial charge in [0.05, 0.1) is 17.0 Å². The molecule has 0 aromatic carbocycles. The Morgan fingerprint density at radius 3 is 2.64 bits per heavy atom. The van der Waals surface area contributed by atoms with Crippen molar-refractivity contribution in [1.29, 1.82) is 0 Å². The van der Waals surface area contributed by atoms with Crippen LogP contribution in [0, 0.1) is 0 Å². The standard InChI is InChI=1S/C16H26N2O3S/c1-15(2,10-19)12-9-13(21-18-12)17-14(20)16(3,4)22-11-7-5-6-8-11/h9,11,19H,5-8,10H2,1-4H3,(H,17,20). The van der Waals surface area contributed by atoms with Crippen molar-refractivity contribution >= 4 is 23.6 Å². The summed E-state index contributed by atoms with van der Waals surface area (Å²) in [6.45, 7) is 7.60. The lowest BCUT2D eigenvalue weighted by atomic mass is 9.91. The first-order valence-electron chi connectivity index (χ1n) is 7.82. The maximum atomic E-state index is 12.5. The van der Waals surface area contributed by atoms with E-state index in [1.165, 1.54) is 25.7 Å². The highest BCUT2D eigenvalue weighted by Crippen LogP contribution is 2.38. The van der Waals surface area contributed by atoms with Gasteiger partial charge in [-0.2, -0.15) is 0 Å². The summed E-state index contributed by atoms with van der Waals surface area (Å²) in [7, 11) is 0. The molecule has 1 aromatic rings. The van der Waals surface area contributed by atoms with Crippen LogP contribution in [-0.4, -0.2) is 32.8 Å². The van der Waals surface area contributed by atoms with E-state index in [-0.39, 0.29) is 12.5 Å². The highest BCUT2D eigenvalue weighted by atomic mass is 32.2. The molecule has 1 aliphatic carbocycles. The second-order valence-corrected chi connectivity index (χ2v) is 9.03. The Kier molecular flexibility index (Phi) is 5.22. The van der Waals surface area contributed by atoms with Gasteiger partial charge in [0.2, 0.25) is 11.8 Å². The summed E-state index contributed by atoms with van der Waals surface area (Å²) in [4.78, 5) is 12.5. The van der Waals surface area contributed by atoms with Crippen LogP contribution in [0.1, 0.15) is 59.1 Å². The molecule has 0 saturated heterocycles. The van der Waals surface area contributed by atoms with Crippen LogP contribution in [0.2, 0.25) is 0 Å². The Bertz CT molecular complexity index is 519. The van der Waals surface area contributed by atoms with Gasteiger partial charge in [-0.3, -0.25) is 10.1 Å². The number of aromatic nitrogens is 1. The number of amides is 1. The summed E-state index contributed by atoms with van der Waals surface area (Å²) < 4.78 is 4.68. The molecule has 0 bridgehead atoms. The van der Waals surface area contributed by atoms with Crippen molar-refractivity contribution in [1.82, 2.24) is 5.16 Å². The van der Waals surface area contributed by atoms with Crippen LogP contribution in [0.25, 0.3) is 0 Å². The molecule has 2 N–H and O–H groups in total. The average Bonchev–Trinajstić information content (AvgIpc) is 3.10. The zero-order valence-electron chi connectivity index (χ0n) is 13.8. The lowest BCUT2D eigenvalue weighted by molar-refractivity contribution is -0.117. The number of hydrogen-bond donors (Lipinski definition) is 2. The molecular weight excluding hydrogens is 300 g/mol. The SMILES string of the molecule is CC(C)(SC1CCCC1)C(=O)Nc1cc(C(C)(C)CO)no1. The van der Waals surface area contributed by atoms with Gasteiger partial charge in [0.25, 0.3) is 0 Å². The van der Waals surface area contributed by atoms with Crippen molar-refractivity contribution in [2.75, 3.05) is 11.9 Å². The molecule has 1 heterocycles. The summed E-state index contributed by atoms with van der Waals surface area (Å²) in [5.41, 5.74) is 0.146. The summed E-state index contributed by atoms with van der Waals surface area (Å²) in [6.07, 6.45) is 4.91. The lowest BCUT2D eigenvalue weighted by Crippen LogP contribution is -2.35. The molecule has 1 saturated carbocycles. The molecule has 22 heavy (non-hydrogen) atoms. The Hall–Kier alpha value is -1.01. The van der Waals surface area contributed by atoms with Crippen molar-refractivity contribution in [3.63, 3.8) is 0 Å². The fourth-order valence-corrected chi connectivity index (χ4v) is 4.03. The van der Waals surface area contributed by atoms with Crippen LogP contribution in [-0.2, 0) is 10.2 Å². The Morgan fingerprint density at radius 2 is 2.05 bits per heavy atom. The van der Waals surface area contributed by atoms with E-state index < -0.39 is 10.2 Å². The molecule has 0 unspecified atom stereocenters. The summed E-state index contributed by atoms with van der Waals surface area (Å²) in [6, 6.07) is 1.68. The van der Waals surface area contributed by atoms with Crippen LogP contribution in [0.5, 0.6) is 0 Å². The summed E-state index contributed by atoms with van der Waals surface area (Å²) in [5.74, 6) is 0.260. The van der Waals surface area contributed by atoms with Gasteiger partial charge in [-0.15, -0.1) is 11.8 Å². The predicted octanol–water partition coefficient (Wildman–Crippen LogP) is 3.34. The maximum absolute atomic E-state index is 12.5. The first-order valence-corrected chi connectivity index (χ1v) is 8.70. The smallest absolute Gasteiger partial charge is 0.242 e. The van der Waals surface area contributed by atoms with E-state index in [0.29, 0.717) is 16.8 Å². The number of carbonyl (C=O) groups excluding carboxylic acids is 1. The zero-order chi connectivity index (χ0) is 16.4. The first-order chi connectivity index (χ1) is 10.2. The van der Waals surface area contributed by atoms with Gasteiger partial charge < -0.3 is 9.63 Å². The number of aliphatic hydroxyl groups is 1. The van der Waals surface area contributed by atoms with Crippen molar-refractivity contribution < 1.29 is 14.4 Å². The minimum atomic E-state index is -0.505. The van der Waals surface area contributed by atoms with Crippen LogP contribution in [0.4, 0.5) is 5.88 Å². The number of anilines is 1. The van der Waals surface area contributed by atoms with Gasteiger partial charge in [-0.1, -0.05) is 31.8 Å². The molecule has 0 aliphatic heterocycles. The normalized spacial score (nSPS) is 17.0. The van der Waals surface area contributed by atoms with E-state index in [2.05, 4.69) is 10.5 Å². The molecular formula is C16H26N2O3S. The molecule has 1 aliphatic rings. The molecule has 0 atom stereocenters. The van der Waals surface area contributed by atoms with Crippen LogP contribution in [0.15, 0.2) is 10.6 Å². The fourth-order valence-electron chi connectivity index (χ4n) is 2.47. The van der Waals surface area contributed by atoms with Crippen LogP contribution in [0.3, 0.4) is 0 Å². The van der Waals surface area contributed by atoms with E-state index in [1.807, 2.05) is 27.7 Å². The second kappa shape index (κ2) is 6.62. The van der Waals surface area contributed by atoms with Gasteiger partial charge >= 0.3 is 0 Å². The largest absolute Gasteiger partial charge is 0.395 e. The Labute approximate surface area is 136 Å². The van der Waals surface area contributed by atoms with Gasteiger partial charge in [0.15, 0.2) is 0 Å². The molecule has 124 valence electrons. The van der Waals surface area contributed by atoms with Gasteiger partial charge in [0, 0.05) is 16.7 Å². The highest BCUT2D eigenvalue weighted by Gasteiger charge is 2.34. The molecule has 6 heteroatoms. The molecule has 2 rings (SSSR count). The first kappa shape index (κ1) is 17.3.